The van der Waals surface area contributed by atoms with E-state index in [2.05, 4.69) is 6.08 Å². The molecule has 5 rings (SSSR count). The number of hydrogen-bond acceptors (Lipinski definition) is 5. The highest BCUT2D eigenvalue weighted by atomic mass is 16.6. The van der Waals surface area contributed by atoms with Gasteiger partial charge >= 0.3 is 12.1 Å². The lowest BCUT2D eigenvalue weighted by Gasteiger charge is -2.29. The molecule has 3 aliphatic rings. The third kappa shape index (κ3) is 4.38. The molecule has 3 aliphatic heterocycles. The van der Waals surface area contributed by atoms with Crippen LogP contribution < -0.4 is 0 Å². The second kappa shape index (κ2) is 8.80. The lowest BCUT2D eigenvalue weighted by atomic mass is 9.91. The van der Waals surface area contributed by atoms with Crippen LogP contribution in [0.25, 0.3) is 5.57 Å². The maximum Gasteiger partial charge on any atom is 0.410 e. The summed E-state index contributed by atoms with van der Waals surface area (Å²) in [4.78, 5) is 41.6. The average Bonchev–Trinajstić information content (AvgIpc) is 3.39. The maximum absolute atomic E-state index is 13.4. The first-order chi connectivity index (χ1) is 17.1. The molecule has 0 N–H and O–H groups in total. The van der Waals surface area contributed by atoms with Crippen LogP contribution in [0.3, 0.4) is 0 Å². The molecule has 2 amide bonds. The number of likely N-dealkylation sites (tertiary alicyclic amines) is 1. The predicted octanol–water partition coefficient (Wildman–Crippen LogP) is 4.93. The lowest BCUT2D eigenvalue weighted by Crippen LogP contribution is -2.39. The van der Waals surface area contributed by atoms with E-state index in [-0.39, 0.29) is 18.0 Å². The van der Waals surface area contributed by atoms with Crippen LogP contribution in [0.5, 0.6) is 0 Å². The first kappa shape index (κ1) is 24.1. The van der Waals surface area contributed by atoms with Crippen LogP contribution >= 0.6 is 0 Å². The number of carbonyl (C=O) groups is 3. The number of nitrogens with zero attached hydrogens (tertiary/aromatic N) is 2. The molecule has 0 unspecified atom stereocenters. The van der Waals surface area contributed by atoms with Crippen LogP contribution in [-0.4, -0.2) is 59.5 Å². The van der Waals surface area contributed by atoms with Gasteiger partial charge in [0.1, 0.15) is 5.60 Å². The van der Waals surface area contributed by atoms with E-state index in [1.165, 1.54) is 0 Å². The van der Waals surface area contributed by atoms with Crippen LogP contribution in [0.4, 0.5) is 4.79 Å². The molecule has 7 nitrogen and oxygen atoms in total. The number of aryl methyl sites for hydroxylation is 1. The van der Waals surface area contributed by atoms with Crippen molar-refractivity contribution in [3.05, 3.63) is 76.4 Å². The van der Waals surface area contributed by atoms with Crippen molar-refractivity contribution in [3.8, 4) is 0 Å². The van der Waals surface area contributed by atoms with Crippen LogP contribution in [0, 0.1) is 6.92 Å². The third-order valence-corrected chi connectivity index (χ3v) is 7.13. The first-order valence-corrected chi connectivity index (χ1v) is 12.5. The second-order valence-electron chi connectivity index (χ2n) is 10.8. The van der Waals surface area contributed by atoms with E-state index in [0.717, 1.165) is 28.7 Å². The van der Waals surface area contributed by atoms with E-state index in [1.54, 1.807) is 15.9 Å². The summed E-state index contributed by atoms with van der Waals surface area (Å²) >= 11 is 0. The molecular formula is C29H32N2O5. The Labute approximate surface area is 211 Å². The van der Waals surface area contributed by atoms with Crippen LogP contribution in [0.15, 0.2) is 48.5 Å². The number of rotatable bonds is 2. The Bertz CT molecular complexity index is 1270. The number of amides is 2. The first-order valence-electron chi connectivity index (χ1n) is 12.5. The largest absolute Gasteiger partial charge is 0.449 e. The van der Waals surface area contributed by atoms with Gasteiger partial charge in [0.05, 0.1) is 12.1 Å². The van der Waals surface area contributed by atoms with Gasteiger partial charge in [0, 0.05) is 37.2 Å². The van der Waals surface area contributed by atoms with Crippen molar-refractivity contribution in [2.75, 3.05) is 26.2 Å². The van der Waals surface area contributed by atoms with Gasteiger partial charge in [-0.25, -0.2) is 9.59 Å². The van der Waals surface area contributed by atoms with Gasteiger partial charge in [-0.15, -0.1) is 0 Å². The van der Waals surface area contributed by atoms with E-state index < -0.39 is 11.2 Å². The van der Waals surface area contributed by atoms with Crippen LogP contribution in [-0.2, 0) is 15.1 Å². The van der Waals surface area contributed by atoms with E-state index in [0.29, 0.717) is 43.7 Å². The molecule has 0 radical (unpaired) electrons. The van der Waals surface area contributed by atoms with Gasteiger partial charge in [0.15, 0.2) is 5.60 Å². The van der Waals surface area contributed by atoms with E-state index in [4.69, 9.17) is 9.47 Å². The predicted molar refractivity (Wildman–Crippen MR) is 136 cm³/mol. The highest BCUT2D eigenvalue weighted by molar-refractivity contribution is 5.98. The average molecular weight is 489 g/mol. The number of hydrogen-bond donors (Lipinski definition) is 0. The van der Waals surface area contributed by atoms with E-state index in [1.807, 2.05) is 64.1 Å². The Morgan fingerprint density at radius 3 is 2.53 bits per heavy atom. The highest BCUT2D eigenvalue weighted by Crippen LogP contribution is 2.43. The smallest absolute Gasteiger partial charge is 0.410 e. The second-order valence-corrected chi connectivity index (χ2v) is 10.8. The standard InChI is InChI=1S/C29H32N2O5/c1-19-17-21(20-11-14-30(15-12-20)27(34)36-28(2,3)4)9-10-22(19)25(32)31-16-13-29(18-31)24-8-6-5-7-23(24)26(33)35-29/h5-11,17H,12-16,18H2,1-4H3/t29-/m0/s1. The minimum absolute atomic E-state index is 0.0509. The fourth-order valence-corrected chi connectivity index (χ4v) is 5.30. The lowest BCUT2D eigenvalue weighted by molar-refractivity contribution is -0.00309. The van der Waals surface area contributed by atoms with E-state index >= 15 is 0 Å². The van der Waals surface area contributed by atoms with Crippen LogP contribution in [0.2, 0.25) is 0 Å². The number of carbonyl (C=O) groups excluding carboxylic acids is 3. The van der Waals surface area contributed by atoms with Gasteiger partial charge in [-0.2, -0.15) is 0 Å². The molecule has 0 bridgehead atoms. The summed E-state index contributed by atoms with van der Waals surface area (Å²) in [5.41, 5.74) is 3.98. The van der Waals surface area contributed by atoms with Gasteiger partial charge in [-0.1, -0.05) is 36.4 Å². The molecule has 7 heteroatoms. The van der Waals surface area contributed by atoms with Crippen LogP contribution in [0.1, 0.15) is 71.0 Å². The zero-order valence-electron chi connectivity index (χ0n) is 21.3. The molecule has 2 aromatic carbocycles. The normalized spacial score (nSPS) is 21.3. The Balaban J connectivity index is 1.28. The molecule has 0 aliphatic carbocycles. The molecule has 1 atom stereocenters. The Morgan fingerprint density at radius 2 is 1.83 bits per heavy atom. The summed E-state index contributed by atoms with van der Waals surface area (Å²) in [6.07, 6.45) is 3.08. The quantitative estimate of drug-likeness (QED) is 0.560. The van der Waals surface area contributed by atoms with Crippen molar-refractivity contribution in [3.63, 3.8) is 0 Å². The topological polar surface area (TPSA) is 76.2 Å². The fraction of sp³-hybridized carbons (Fsp3) is 0.414. The summed E-state index contributed by atoms with van der Waals surface area (Å²) in [5, 5.41) is 0. The molecule has 2 aromatic rings. The minimum atomic E-state index is -0.746. The number of fused-ring (bicyclic) bond motifs is 2. The summed E-state index contributed by atoms with van der Waals surface area (Å²) in [5.74, 6) is -0.364. The monoisotopic (exact) mass is 488 g/mol. The molecule has 1 saturated heterocycles. The van der Waals surface area contributed by atoms with Gasteiger partial charge < -0.3 is 19.3 Å². The molecule has 36 heavy (non-hydrogen) atoms. The van der Waals surface area contributed by atoms with Gasteiger partial charge in [-0.05, 0) is 62.9 Å². The van der Waals surface area contributed by atoms with Gasteiger partial charge in [0.25, 0.3) is 5.91 Å². The van der Waals surface area contributed by atoms with Gasteiger partial charge in [0.2, 0.25) is 0 Å². The summed E-state index contributed by atoms with van der Waals surface area (Å²) in [7, 11) is 0. The van der Waals surface area contributed by atoms with Crippen molar-refractivity contribution in [1.82, 2.24) is 9.80 Å². The highest BCUT2D eigenvalue weighted by Gasteiger charge is 2.51. The maximum atomic E-state index is 13.4. The Morgan fingerprint density at radius 1 is 1.06 bits per heavy atom. The third-order valence-electron chi connectivity index (χ3n) is 7.13. The fourth-order valence-electron chi connectivity index (χ4n) is 5.30. The molecule has 1 spiro atoms. The summed E-state index contributed by atoms with van der Waals surface area (Å²) in [6.45, 7) is 9.53. The van der Waals surface area contributed by atoms with E-state index in [9.17, 15) is 14.4 Å². The number of ether oxygens (including phenoxy) is 2. The number of esters is 1. The van der Waals surface area contributed by atoms with Crippen molar-refractivity contribution >= 4 is 23.5 Å². The van der Waals surface area contributed by atoms with Crippen molar-refractivity contribution in [2.45, 2.75) is 51.7 Å². The summed E-state index contributed by atoms with van der Waals surface area (Å²) < 4.78 is 11.3. The molecule has 0 saturated carbocycles. The van der Waals surface area contributed by atoms with Crippen molar-refractivity contribution in [1.29, 1.82) is 0 Å². The molecule has 0 aromatic heterocycles. The molecule has 188 valence electrons. The zero-order chi connectivity index (χ0) is 25.7. The van der Waals surface area contributed by atoms with Gasteiger partial charge in [-0.3, -0.25) is 4.79 Å². The summed E-state index contributed by atoms with van der Waals surface area (Å²) in [6, 6.07) is 13.3. The SMILES string of the molecule is Cc1cc(C2=CCN(C(=O)OC(C)(C)C)CC2)ccc1C(=O)N1CC[C@@]2(C1)OC(=O)c1ccccc12. The Hall–Kier alpha value is -3.61. The minimum Gasteiger partial charge on any atom is -0.449 e. The molecular weight excluding hydrogens is 456 g/mol. The molecule has 1 fully saturated rings. The Kier molecular flexibility index (Phi) is 5.89. The van der Waals surface area contributed by atoms with Crippen molar-refractivity contribution in [2.24, 2.45) is 0 Å². The molecule has 3 heterocycles. The zero-order valence-corrected chi connectivity index (χ0v) is 21.3. The van der Waals surface area contributed by atoms with Crippen molar-refractivity contribution < 1.29 is 23.9 Å². The number of benzene rings is 2.